The zero-order valence-electron chi connectivity index (χ0n) is 11.9. The minimum absolute atomic E-state index is 0.223. The molecular formula is C15H16FN5O. The van der Waals surface area contributed by atoms with Gasteiger partial charge in [0.2, 0.25) is 5.95 Å². The van der Waals surface area contributed by atoms with Crippen LogP contribution >= 0.6 is 0 Å². The monoisotopic (exact) mass is 301 g/mol. The van der Waals surface area contributed by atoms with E-state index in [0.29, 0.717) is 37.8 Å². The van der Waals surface area contributed by atoms with Crippen LogP contribution in [0.5, 0.6) is 0 Å². The Morgan fingerprint density at radius 3 is 2.50 bits per heavy atom. The van der Waals surface area contributed by atoms with Gasteiger partial charge in [0.1, 0.15) is 5.82 Å². The number of hydrogen-bond donors (Lipinski definition) is 1. The average Bonchev–Trinajstić information content (AvgIpc) is 2.56. The van der Waals surface area contributed by atoms with E-state index in [-0.39, 0.29) is 11.8 Å². The van der Waals surface area contributed by atoms with Crippen molar-refractivity contribution in [2.45, 2.75) is 0 Å². The Morgan fingerprint density at radius 1 is 1.09 bits per heavy atom. The van der Waals surface area contributed by atoms with Crippen LogP contribution in [0.15, 0.2) is 42.7 Å². The Morgan fingerprint density at radius 2 is 1.82 bits per heavy atom. The number of hydrogen-bond acceptors (Lipinski definition) is 4. The number of nitrogens with zero attached hydrogens (tertiary/aromatic N) is 4. The number of anilines is 2. The molecule has 1 aromatic carbocycles. The molecule has 2 aromatic rings. The molecule has 1 aliphatic heterocycles. The van der Waals surface area contributed by atoms with Crippen LogP contribution in [0.25, 0.3) is 0 Å². The zero-order chi connectivity index (χ0) is 15.4. The second kappa shape index (κ2) is 6.38. The summed E-state index contributed by atoms with van der Waals surface area (Å²) < 4.78 is 13.1. The van der Waals surface area contributed by atoms with E-state index in [0.717, 1.165) is 0 Å². The summed E-state index contributed by atoms with van der Waals surface area (Å²) in [6, 6.07) is 7.41. The Kier molecular flexibility index (Phi) is 4.13. The van der Waals surface area contributed by atoms with E-state index >= 15 is 0 Å². The number of piperazine rings is 1. The standard InChI is InChI=1S/C15H16FN5O/c16-12-3-1-4-13(11-12)19-15(22)21-9-7-20(8-10-21)14-17-5-2-6-18-14/h1-6,11H,7-10H2,(H,19,22). The summed E-state index contributed by atoms with van der Waals surface area (Å²) in [4.78, 5) is 24.3. The van der Waals surface area contributed by atoms with Gasteiger partial charge in [0, 0.05) is 44.3 Å². The third-order valence-corrected chi connectivity index (χ3v) is 3.48. The van der Waals surface area contributed by atoms with Crippen molar-refractivity contribution in [3.8, 4) is 0 Å². The molecule has 0 atom stereocenters. The van der Waals surface area contributed by atoms with Gasteiger partial charge in [0.25, 0.3) is 0 Å². The van der Waals surface area contributed by atoms with Gasteiger partial charge in [-0.1, -0.05) is 6.07 Å². The lowest BCUT2D eigenvalue weighted by atomic mass is 10.3. The summed E-state index contributed by atoms with van der Waals surface area (Å²) in [6.07, 6.45) is 3.40. The first kappa shape index (κ1) is 14.2. The molecule has 0 unspecified atom stereocenters. The van der Waals surface area contributed by atoms with Crippen molar-refractivity contribution >= 4 is 17.7 Å². The van der Waals surface area contributed by atoms with E-state index < -0.39 is 0 Å². The van der Waals surface area contributed by atoms with Crippen molar-refractivity contribution in [1.82, 2.24) is 14.9 Å². The molecule has 1 aromatic heterocycles. The van der Waals surface area contributed by atoms with E-state index in [1.165, 1.54) is 12.1 Å². The van der Waals surface area contributed by atoms with Crippen LogP contribution < -0.4 is 10.2 Å². The number of carbonyl (C=O) groups is 1. The molecule has 2 amide bonds. The van der Waals surface area contributed by atoms with Gasteiger partial charge >= 0.3 is 6.03 Å². The number of aromatic nitrogens is 2. The number of urea groups is 1. The van der Waals surface area contributed by atoms with E-state index in [1.807, 2.05) is 4.90 Å². The molecule has 1 aliphatic rings. The highest BCUT2D eigenvalue weighted by molar-refractivity contribution is 5.89. The van der Waals surface area contributed by atoms with Crippen LogP contribution in [0.3, 0.4) is 0 Å². The Bertz CT molecular complexity index is 643. The molecule has 7 heteroatoms. The predicted molar refractivity (Wildman–Crippen MR) is 81.2 cm³/mol. The van der Waals surface area contributed by atoms with Crippen LogP contribution in [0, 0.1) is 5.82 Å². The highest BCUT2D eigenvalue weighted by Crippen LogP contribution is 2.13. The normalized spacial score (nSPS) is 14.8. The fourth-order valence-electron chi connectivity index (χ4n) is 2.33. The van der Waals surface area contributed by atoms with Crippen LogP contribution in [-0.2, 0) is 0 Å². The number of halogens is 1. The molecule has 0 bridgehead atoms. The van der Waals surface area contributed by atoms with E-state index in [2.05, 4.69) is 15.3 Å². The maximum atomic E-state index is 13.1. The lowest BCUT2D eigenvalue weighted by Crippen LogP contribution is -2.50. The summed E-state index contributed by atoms with van der Waals surface area (Å²) in [6.45, 7) is 2.47. The van der Waals surface area contributed by atoms with Crippen molar-refractivity contribution in [3.63, 3.8) is 0 Å². The fraction of sp³-hybridized carbons (Fsp3) is 0.267. The Labute approximate surface area is 127 Å². The maximum absolute atomic E-state index is 13.1. The van der Waals surface area contributed by atoms with Crippen LogP contribution in [-0.4, -0.2) is 47.1 Å². The van der Waals surface area contributed by atoms with Crippen LogP contribution in [0.4, 0.5) is 20.8 Å². The minimum Gasteiger partial charge on any atom is -0.337 e. The molecule has 2 heterocycles. The quantitative estimate of drug-likeness (QED) is 0.921. The van der Waals surface area contributed by atoms with Crippen molar-refractivity contribution in [3.05, 3.63) is 48.5 Å². The highest BCUT2D eigenvalue weighted by Gasteiger charge is 2.22. The van der Waals surface area contributed by atoms with Gasteiger partial charge in [-0.05, 0) is 24.3 Å². The Balaban J connectivity index is 1.56. The second-order valence-corrected chi connectivity index (χ2v) is 4.96. The summed E-state index contributed by atoms with van der Waals surface area (Å²) in [5.74, 6) is 0.302. The van der Waals surface area contributed by atoms with Gasteiger partial charge in [-0.2, -0.15) is 0 Å². The van der Waals surface area contributed by atoms with E-state index in [9.17, 15) is 9.18 Å². The lowest BCUT2D eigenvalue weighted by molar-refractivity contribution is 0.208. The first-order chi connectivity index (χ1) is 10.7. The predicted octanol–water partition coefficient (Wildman–Crippen LogP) is 1.97. The van der Waals surface area contributed by atoms with Gasteiger partial charge in [-0.25, -0.2) is 19.2 Å². The molecule has 0 saturated carbocycles. The number of carbonyl (C=O) groups excluding carboxylic acids is 1. The third kappa shape index (κ3) is 3.30. The van der Waals surface area contributed by atoms with Crippen molar-refractivity contribution in [1.29, 1.82) is 0 Å². The van der Waals surface area contributed by atoms with Gasteiger partial charge in [-0.3, -0.25) is 0 Å². The van der Waals surface area contributed by atoms with Crippen LogP contribution in [0.2, 0.25) is 0 Å². The molecule has 3 rings (SSSR count). The molecule has 0 spiro atoms. The number of rotatable bonds is 2. The smallest absolute Gasteiger partial charge is 0.321 e. The fourth-order valence-corrected chi connectivity index (χ4v) is 2.33. The van der Waals surface area contributed by atoms with Gasteiger partial charge in [0.05, 0.1) is 0 Å². The molecule has 22 heavy (non-hydrogen) atoms. The summed E-state index contributed by atoms with van der Waals surface area (Å²) in [5, 5.41) is 2.70. The van der Waals surface area contributed by atoms with Gasteiger partial charge < -0.3 is 15.1 Å². The molecular weight excluding hydrogens is 285 g/mol. The van der Waals surface area contributed by atoms with E-state index in [1.54, 1.807) is 35.5 Å². The lowest BCUT2D eigenvalue weighted by Gasteiger charge is -2.34. The molecule has 6 nitrogen and oxygen atoms in total. The second-order valence-electron chi connectivity index (χ2n) is 4.96. The largest absolute Gasteiger partial charge is 0.337 e. The van der Waals surface area contributed by atoms with Gasteiger partial charge in [0.15, 0.2) is 0 Å². The molecule has 1 saturated heterocycles. The third-order valence-electron chi connectivity index (χ3n) is 3.48. The average molecular weight is 301 g/mol. The van der Waals surface area contributed by atoms with Crippen molar-refractivity contribution < 1.29 is 9.18 Å². The van der Waals surface area contributed by atoms with Crippen molar-refractivity contribution in [2.75, 3.05) is 36.4 Å². The number of nitrogens with one attached hydrogen (secondary N) is 1. The minimum atomic E-state index is -0.371. The van der Waals surface area contributed by atoms with Gasteiger partial charge in [-0.15, -0.1) is 0 Å². The first-order valence-electron chi connectivity index (χ1n) is 7.06. The zero-order valence-corrected chi connectivity index (χ0v) is 11.9. The molecule has 1 fully saturated rings. The topological polar surface area (TPSA) is 61.4 Å². The molecule has 114 valence electrons. The maximum Gasteiger partial charge on any atom is 0.321 e. The molecule has 0 aliphatic carbocycles. The van der Waals surface area contributed by atoms with E-state index in [4.69, 9.17) is 0 Å². The summed E-state index contributed by atoms with van der Waals surface area (Å²) in [7, 11) is 0. The number of benzene rings is 1. The first-order valence-corrected chi connectivity index (χ1v) is 7.06. The van der Waals surface area contributed by atoms with Crippen LogP contribution in [0.1, 0.15) is 0 Å². The molecule has 1 N–H and O–H groups in total. The summed E-state index contributed by atoms with van der Waals surface area (Å²) >= 11 is 0. The number of amides is 2. The molecule has 0 radical (unpaired) electrons. The Hall–Kier alpha value is -2.70. The summed E-state index contributed by atoms with van der Waals surface area (Å²) in [5.41, 5.74) is 0.457. The SMILES string of the molecule is O=C(Nc1cccc(F)c1)N1CCN(c2ncccn2)CC1. The highest BCUT2D eigenvalue weighted by atomic mass is 19.1. The van der Waals surface area contributed by atoms with Crippen molar-refractivity contribution in [2.24, 2.45) is 0 Å².